The molecule has 21 heavy (non-hydrogen) atoms. The number of rotatable bonds is 9. The second-order valence-electron chi connectivity index (χ2n) is 5.12. The first-order valence-electron chi connectivity index (χ1n) is 7.46. The molecule has 1 aromatic carbocycles. The molecule has 0 aromatic heterocycles. The van der Waals surface area contributed by atoms with Crippen LogP contribution in [0.25, 0.3) is 0 Å². The zero-order chi connectivity index (χ0) is 15.7. The van der Waals surface area contributed by atoms with Gasteiger partial charge in [0.2, 0.25) is 0 Å². The van der Waals surface area contributed by atoms with Gasteiger partial charge in [0.15, 0.2) is 5.84 Å². The Labute approximate surface area is 127 Å². The molecule has 0 amide bonds. The van der Waals surface area contributed by atoms with Gasteiger partial charge in [0, 0.05) is 31.8 Å². The first-order chi connectivity index (χ1) is 10.2. The van der Waals surface area contributed by atoms with Crippen molar-refractivity contribution in [2.45, 2.75) is 39.3 Å². The lowest BCUT2D eigenvalue weighted by molar-refractivity contribution is 0.110. The lowest BCUT2D eigenvalue weighted by Gasteiger charge is -2.30. The molecule has 0 unspecified atom stereocenters. The summed E-state index contributed by atoms with van der Waals surface area (Å²) in [5.41, 5.74) is 7.52. The van der Waals surface area contributed by atoms with Gasteiger partial charge in [-0.1, -0.05) is 43.3 Å². The highest BCUT2D eigenvalue weighted by atomic mass is 16.5. The van der Waals surface area contributed by atoms with Crippen molar-refractivity contribution in [2.75, 3.05) is 20.3 Å². The normalized spacial score (nSPS) is 12.3. The minimum absolute atomic E-state index is 0.137. The fourth-order valence-corrected chi connectivity index (χ4v) is 2.48. The molecule has 1 aromatic rings. The Morgan fingerprint density at radius 3 is 2.38 bits per heavy atom. The summed E-state index contributed by atoms with van der Waals surface area (Å²) >= 11 is 0. The van der Waals surface area contributed by atoms with E-state index in [9.17, 15) is 0 Å². The van der Waals surface area contributed by atoms with Crippen LogP contribution in [0.3, 0.4) is 0 Å². The molecular weight excluding hydrogens is 266 g/mol. The van der Waals surface area contributed by atoms with E-state index in [1.807, 2.05) is 24.3 Å². The van der Waals surface area contributed by atoms with Crippen molar-refractivity contribution >= 4 is 5.84 Å². The fraction of sp³-hybridized carbons (Fsp3) is 0.562. The van der Waals surface area contributed by atoms with Crippen LogP contribution >= 0.6 is 0 Å². The Hall–Kier alpha value is -1.59. The van der Waals surface area contributed by atoms with E-state index in [1.165, 1.54) is 5.56 Å². The van der Waals surface area contributed by atoms with Crippen LogP contribution < -0.4 is 5.73 Å². The first-order valence-corrected chi connectivity index (χ1v) is 7.46. The van der Waals surface area contributed by atoms with Crippen molar-refractivity contribution in [3.63, 3.8) is 0 Å². The van der Waals surface area contributed by atoms with Gasteiger partial charge in [0.25, 0.3) is 0 Å². The van der Waals surface area contributed by atoms with Crippen LogP contribution in [-0.4, -0.2) is 42.2 Å². The molecule has 3 N–H and O–H groups in total. The Balaban J connectivity index is 2.77. The SMILES string of the molecule is CCC(CC)N(CCOC)Cc1ccc(C(N)=NO)cc1. The Morgan fingerprint density at radius 2 is 1.90 bits per heavy atom. The van der Waals surface area contributed by atoms with E-state index in [2.05, 4.69) is 23.9 Å². The summed E-state index contributed by atoms with van der Waals surface area (Å²) in [6, 6.07) is 8.37. The summed E-state index contributed by atoms with van der Waals surface area (Å²) in [5, 5.41) is 11.7. The molecule has 0 spiro atoms. The van der Waals surface area contributed by atoms with Gasteiger partial charge in [0.1, 0.15) is 0 Å². The van der Waals surface area contributed by atoms with E-state index >= 15 is 0 Å². The topological polar surface area (TPSA) is 71.1 Å². The average Bonchev–Trinajstić information content (AvgIpc) is 2.53. The van der Waals surface area contributed by atoms with E-state index in [-0.39, 0.29) is 5.84 Å². The van der Waals surface area contributed by atoms with Crippen LogP contribution in [0, 0.1) is 0 Å². The van der Waals surface area contributed by atoms with E-state index < -0.39 is 0 Å². The molecular formula is C16H27N3O2. The lowest BCUT2D eigenvalue weighted by atomic mass is 10.1. The van der Waals surface area contributed by atoms with E-state index in [1.54, 1.807) is 7.11 Å². The predicted octanol–water partition coefficient (Wildman–Crippen LogP) is 2.42. The zero-order valence-corrected chi connectivity index (χ0v) is 13.2. The molecule has 0 atom stereocenters. The summed E-state index contributed by atoms with van der Waals surface area (Å²) in [7, 11) is 1.73. The average molecular weight is 293 g/mol. The van der Waals surface area contributed by atoms with Crippen LogP contribution in [0.2, 0.25) is 0 Å². The quantitative estimate of drug-likeness (QED) is 0.317. The molecule has 0 aliphatic carbocycles. The van der Waals surface area contributed by atoms with Gasteiger partial charge in [-0.05, 0) is 18.4 Å². The summed E-state index contributed by atoms with van der Waals surface area (Å²) in [4.78, 5) is 2.45. The maximum absolute atomic E-state index is 8.68. The molecule has 0 heterocycles. The number of ether oxygens (including phenoxy) is 1. The van der Waals surface area contributed by atoms with Crippen molar-refractivity contribution in [1.29, 1.82) is 0 Å². The number of nitrogens with two attached hydrogens (primary N) is 1. The number of oxime groups is 1. The van der Waals surface area contributed by atoms with E-state index in [0.29, 0.717) is 6.04 Å². The molecule has 0 fully saturated rings. The van der Waals surface area contributed by atoms with Crippen LogP contribution in [0.15, 0.2) is 29.4 Å². The van der Waals surface area contributed by atoms with Crippen LogP contribution in [0.5, 0.6) is 0 Å². The third-order valence-corrected chi connectivity index (χ3v) is 3.78. The maximum atomic E-state index is 8.68. The highest BCUT2D eigenvalue weighted by Crippen LogP contribution is 2.14. The molecule has 1 rings (SSSR count). The molecule has 0 radical (unpaired) electrons. The number of benzene rings is 1. The second-order valence-corrected chi connectivity index (χ2v) is 5.12. The highest BCUT2D eigenvalue weighted by molar-refractivity contribution is 5.96. The summed E-state index contributed by atoms with van der Waals surface area (Å²) < 4.78 is 5.21. The van der Waals surface area contributed by atoms with Gasteiger partial charge < -0.3 is 15.7 Å². The summed E-state index contributed by atoms with van der Waals surface area (Å²) in [6.07, 6.45) is 2.25. The van der Waals surface area contributed by atoms with Crippen molar-refractivity contribution < 1.29 is 9.94 Å². The number of methoxy groups -OCH3 is 1. The summed E-state index contributed by atoms with van der Waals surface area (Å²) in [6.45, 7) is 6.97. The van der Waals surface area contributed by atoms with Gasteiger partial charge in [-0.15, -0.1) is 0 Å². The molecule has 5 nitrogen and oxygen atoms in total. The second kappa shape index (κ2) is 9.37. The van der Waals surface area contributed by atoms with Gasteiger partial charge in [-0.2, -0.15) is 0 Å². The van der Waals surface area contributed by atoms with Crippen molar-refractivity contribution in [3.8, 4) is 0 Å². The van der Waals surface area contributed by atoms with Gasteiger partial charge >= 0.3 is 0 Å². The zero-order valence-electron chi connectivity index (χ0n) is 13.2. The number of hydrogen-bond acceptors (Lipinski definition) is 4. The molecule has 0 saturated carbocycles. The number of nitrogens with zero attached hydrogens (tertiary/aromatic N) is 2. The predicted molar refractivity (Wildman–Crippen MR) is 85.6 cm³/mol. The van der Waals surface area contributed by atoms with Crippen molar-refractivity contribution in [2.24, 2.45) is 10.9 Å². The van der Waals surface area contributed by atoms with Gasteiger partial charge in [-0.25, -0.2) is 0 Å². The maximum Gasteiger partial charge on any atom is 0.170 e. The lowest BCUT2D eigenvalue weighted by Crippen LogP contribution is -2.36. The van der Waals surface area contributed by atoms with E-state index in [0.717, 1.165) is 38.1 Å². The standard InChI is InChI=1S/C16H27N3O2/c1-4-15(5-2)19(10-11-21-3)12-13-6-8-14(9-7-13)16(17)18-20/h6-9,15,20H,4-5,10-12H2,1-3H3,(H2,17,18). The van der Waals surface area contributed by atoms with Crippen LogP contribution in [-0.2, 0) is 11.3 Å². The molecule has 0 aliphatic rings. The highest BCUT2D eigenvalue weighted by Gasteiger charge is 2.15. The minimum atomic E-state index is 0.137. The van der Waals surface area contributed by atoms with Crippen molar-refractivity contribution in [1.82, 2.24) is 4.90 Å². The smallest absolute Gasteiger partial charge is 0.170 e. The van der Waals surface area contributed by atoms with Gasteiger partial charge in [0.05, 0.1) is 6.61 Å². The Morgan fingerprint density at radius 1 is 1.29 bits per heavy atom. The van der Waals surface area contributed by atoms with Gasteiger partial charge in [-0.3, -0.25) is 4.90 Å². The van der Waals surface area contributed by atoms with E-state index in [4.69, 9.17) is 15.7 Å². The fourth-order valence-electron chi connectivity index (χ4n) is 2.48. The van der Waals surface area contributed by atoms with Crippen LogP contribution in [0.4, 0.5) is 0 Å². The monoisotopic (exact) mass is 293 g/mol. The number of hydrogen-bond donors (Lipinski definition) is 2. The van der Waals surface area contributed by atoms with Crippen molar-refractivity contribution in [3.05, 3.63) is 35.4 Å². The Bertz CT molecular complexity index is 428. The number of amidine groups is 1. The molecule has 0 aliphatic heterocycles. The molecule has 0 saturated heterocycles. The Kier molecular flexibility index (Phi) is 7.79. The first kappa shape index (κ1) is 17.5. The minimum Gasteiger partial charge on any atom is -0.409 e. The summed E-state index contributed by atoms with van der Waals surface area (Å²) in [5.74, 6) is 0.137. The molecule has 118 valence electrons. The molecule has 5 heteroatoms. The largest absolute Gasteiger partial charge is 0.409 e. The third-order valence-electron chi connectivity index (χ3n) is 3.78. The third kappa shape index (κ3) is 5.36. The molecule has 0 bridgehead atoms. The van der Waals surface area contributed by atoms with Crippen LogP contribution in [0.1, 0.15) is 37.8 Å².